The molecule has 2 aliphatic rings. The number of hydrogen-bond acceptors (Lipinski definition) is 4. The van der Waals surface area contributed by atoms with Crippen LogP contribution < -0.4 is 4.74 Å². The van der Waals surface area contributed by atoms with Gasteiger partial charge in [0.2, 0.25) is 0 Å². The molecule has 1 aromatic carbocycles. The van der Waals surface area contributed by atoms with E-state index < -0.39 is 6.09 Å². The monoisotopic (exact) mass is 343 g/mol. The van der Waals surface area contributed by atoms with Gasteiger partial charge in [-0.1, -0.05) is 0 Å². The van der Waals surface area contributed by atoms with Crippen LogP contribution in [0, 0.1) is 17.2 Å². The maximum Gasteiger partial charge on any atom is 0.407 e. The summed E-state index contributed by atoms with van der Waals surface area (Å²) >= 11 is 0. The van der Waals surface area contributed by atoms with Crippen LogP contribution in [-0.2, 0) is 0 Å². The molecule has 1 N–H and O–H groups in total. The van der Waals surface area contributed by atoms with Gasteiger partial charge in [0, 0.05) is 32.2 Å². The third kappa shape index (κ3) is 4.64. The molecule has 1 aliphatic heterocycles. The molecular weight excluding hydrogens is 318 g/mol. The average Bonchev–Trinajstić information content (AvgIpc) is 2.67. The van der Waals surface area contributed by atoms with E-state index in [2.05, 4.69) is 11.0 Å². The minimum atomic E-state index is -0.802. The lowest BCUT2D eigenvalue weighted by Gasteiger charge is -2.41. The number of hydrogen-bond donors (Lipinski definition) is 1. The highest BCUT2D eigenvalue weighted by molar-refractivity contribution is 5.65. The van der Waals surface area contributed by atoms with Gasteiger partial charge in [-0.3, -0.25) is 4.90 Å². The van der Waals surface area contributed by atoms with Crippen LogP contribution in [0.25, 0.3) is 0 Å². The molecule has 1 heterocycles. The van der Waals surface area contributed by atoms with Gasteiger partial charge >= 0.3 is 6.09 Å². The van der Waals surface area contributed by atoms with Gasteiger partial charge in [-0.15, -0.1) is 0 Å². The fourth-order valence-electron chi connectivity index (χ4n) is 3.79. The Labute approximate surface area is 148 Å². The maximum atomic E-state index is 11.0. The summed E-state index contributed by atoms with van der Waals surface area (Å²) < 4.78 is 5.87. The van der Waals surface area contributed by atoms with Crippen molar-refractivity contribution in [3.63, 3.8) is 0 Å². The first-order valence-electron chi connectivity index (χ1n) is 9.00. The molecule has 2 fully saturated rings. The lowest BCUT2D eigenvalue weighted by Crippen LogP contribution is -2.52. The quantitative estimate of drug-likeness (QED) is 0.910. The topological polar surface area (TPSA) is 76.8 Å². The van der Waals surface area contributed by atoms with E-state index in [4.69, 9.17) is 15.1 Å². The van der Waals surface area contributed by atoms with Crippen molar-refractivity contribution in [1.82, 2.24) is 9.80 Å². The summed E-state index contributed by atoms with van der Waals surface area (Å²) in [5, 5.41) is 17.8. The van der Waals surface area contributed by atoms with Gasteiger partial charge in [-0.2, -0.15) is 5.26 Å². The predicted molar refractivity (Wildman–Crippen MR) is 93.6 cm³/mol. The highest BCUT2D eigenvalue weighted by Gasteiger charge is 2.29. The van der Waals surface area contributed by atoms with Gasteiger partial charge in [0.05, 0.1) is 18.2 Å². The molecule has 0 spiro atoms. The van der Waals surface area contributed by atoms with Crippen molar-refractivity contribution in [2.75, 3.05) is 32.8 Å². The first-order valence-corrected chi connectivity index (χ1v) is 9.00. The number of nitriles is 1. The molecular formula is C19H25N3O3. The number of amides is 1. The third-order valence-electron chi connectivity index (χ3n) is 5.39. The van der Waals surface area contributed by atoms with Gasteiger partial charge in [0.25, 0.3) is 0 Å². The van der Waals surface area contributed by atoms with Crippen LogP contribution >= 0.6 is 0 Å². The fraction of sp³-hybridized carbons (Fsp3) is 0.579. The standard InChI is InChI=1S/C19H25N3O3/c20-13-15-3-7-18(8-4-15)25-14-16-1-5-17(6-2-16)21-9-11-22(12-10-21)19(23)24/h3-4,7-8,16-17H,1-2,5-6,9-12,14H2,(H,23,24)/t16-,17-. The smallest absolute Gasteiger partial charge is 0.407 e. The van der Waals surface area contributed by atoms with Crippen molar-refractivity contribution in [1.29, 1.82) is 5.26 Å². The zero-order valence-electron chi connectivity index (χ0n) is 14.4. The molecule has 0 bridgehead atoms. The van der Waals surface area contributed by atoms with Gasteiger partial charge in [0.15, 0.2) is 0 Å². The molecule has 6 heteroatoms. The lowest BCUT2D eigenvalue weighted by molar-refractivity contribution is 0.0619. The largest absolute Gasteiger partial charge is 0.493 e. The third-order valence-corrected chi connectivity index (χ3v) is 5.39. The Hall–Kier alpha value is -2.26. The van der Waals surface area contributed by atoms with Crippen LogP contribution in [0.1, 0.15) is 31.2 Å². The summed E-state index contributed by atoms with van der Waals surface area (Å²) in [5.74, 6) is 1.40. The summed E-state index contributed by atoms with van der Waals surface area (Å²) in [4.78, 5) is 14.9. The predicted octanol–water partition coefficient (Wildman–Crippen LogP) is 2.79. The minimum absolute atomic E-state index is 0.576. The molecule has 134 valence electrons. The number of carbonyl (C=O) groups is 1. The summed E-state index contributed by atoms with van der Waals surface area (Å²) in [6.07, 6.45) is 3.83. The highest BCUT2D eigenvalue weighted by atomic mass is 16.5. The molecule has 0 aromatic heterocycles. The highest BCUT2D eigenvalue weighted by Crippen LogP contribution is 2.29. The van der Waals surface area contributed by atoms with E-state index in [0.29, 0.717) is 30.6 Å². The van der Waals surface area contributed by atoms with E-state index in [9.17, 15) is 4.79 Å². The van der Waals surface area contributed by atoms with Crippen molar-refractivity contribution in [3.05, 3.63) is 29.8 Å². The van der Waals surface area contributed by atoms with Crippen molar-refractivity contribution < 1.29 is 14.6 Å². The number of benzene rings is 1. The van der Waals surface area contributed by atoms with E-state index in [0.717, 1.165) is 51.1 Å². The molecule has 3 rings (SSSR count). The Bertz CT molecular complexity index is 610. The average molecular weight is 343 g/mol. The van der Waals surface area contributed by atoms with E-state index in [1.54, 1.807) is 12.1 Å². The Balaban J connectivity index is 1.38. The van der Waals surface area contributed by atoms with Gasteiger partial charge in [-0.25, -0.2) is 4.79 Å². The lowest BCUT2D eigenvalue weighted by atomic mass is 9.85. The Morgan fingerprint density at radius 2 is 1.76 bits per heavy atom. The van der Waals surface area contributed by atoms with Crippen molar-refractivity contribution in [3.8, 4) is 11.8 Å². The summed E-state index contributed by atoms with van der Waals surface area (Å²) in [6, 6.07) is 9.96. The summed E-state index contributed by atoms with van der Waals surface area (Å²) in [6.45, 7) is 3.67. The number of ether oxygens (including phenoxy) is 1. The number of piperazine rings is 1. The van der Waals surface area contributed by atoms with Gasteiger partial charge in [-0.05, 0) is 55.9 Å². The Morgan fingerprint density at radius 1 is 1.12 bits per heavy atom. The number of rotatable bonds is 4. The number of nitrogens with zero attached hydrogens (tertiary/aromatic N) is 3. The molecule has 0 radical (unpaired) electrons. The van der Waals surface area contributed by atoms with Crippen LogP contribution in [0.5, 0.6) is 5.75 Å². The molecule has 0 unspecified atom stereocenters. The van der Waals surface area contributed by atoms with Crippen LogP contribution in [-0.4, -0.2) is 59.8 Å². The normalized spacial score (nSPS) is 24.5. The van der Waals surface area contributed by atoms with Crippen LogP contribution in [0.4, 0.5) is 4.79 Å². The fourth-order valence-corrected chi connectivity index (χ4v) is 3.79. The van der Waals surface area contributed by atoms with Crippen molar-refractivity contribution >= 4 is 6.09 Å². The maximum absolute atomic E-state index is 11.0. The second kappa shape index (κ2) is 8.21. The first-order chi connectivity index (χ1) is 12.2. The summed E-state index contributed by atoms with van der Waals surface area (Å²) in [5.41, 5.74) is 0.649. The van der Waals surface area contributed by atoms with E-state index in [-0.39, 0.29) is 0 Å². The van der Waals surface area contributed by atoms with Gasteiger partial charge < -0.3 is 14.7 Å². The minimum Gasteiger partial charge on any atom is -0.493 e. The van der Waals surface area contributed by atoms with Crippen LogP contribution in [0.3, 0.4) is 0 Å². The Kier molecular flexibility index (Phi) is 5.77. The van der Waals surface area contributed by atoms with Gasteiger partial charge in [0.1, 0.15) is 5.75 Å². The van der Waals surface area contributed by atoms with Crippen molar-refractivity contribution in [2.45, 2.75) is 31.7 Å². The van der Waals surface area contributed by atoms with Crippen molar-refractivity contribution in [2.24, 2.45) is 5.92 Å². The van der Waals surface area contributed by atoms with E-state index in [1.807, 2.05) is 12.1 Å². The molecule has 1 saturated heterocycles. The van der Waals surface area contributed by atoms with E-state index in [1.165, 1.54) is 4.90 Å². The SMILES string of the molecule is N#Cc1ccc(OC[C@H]2CC[C@H](N3CCN(C(=O)O)CC3)CC2)cc1. The first kappa shape index (κ1) is 17.6. The summed E-state index contributed by atoms with van der Waals surface area (Å²) in [7, 11) is 0. The zero-order valence-corrected chi connectivity index (χ0v) is 14.4. The molecule has 6 nitrogen and oxygen atoms in total. The molecule has 1 saturated carbocycles. The van der Waals surface area contributed by atoms with E-state index >= 15 is 0 Å². The Morgan fingerprint density at radius 3 is 2.32 bits per heavy atom. The molecule has 1 aromatic rings. The van der Waals surface area contributed by atoms with Crippen LogP contribution in [0.2, 0.25) is 0 Å². The number of carboxylic acid groups (broad SMARTS) is 1. The molecule has 25 heavy (non-hydrogen) atoms. The molecule has 0 atom stereocenters. The second-order valence-electron chi connectivity index (χ2n) is 6.93. The molecule has 1 amide bonds. The second-order valence-corrected chi connectivity index (χ2v) is 6.93. The zero-order chi connectivity index (χ0) is 17.6. The van der Waals surface area contributed by atoms with Crippen LogP contribution in [0.15, 0.2) is 24.3 Å². The molecule has 1 aliphatic carbocycles.